The molecule has 0 saturated carbocycles. The summed E-state index contributed by atoms with van der Waals surface area (Å²) in [6.07, 6.45) is 1.82. The van der Waals surface area contributed by atoms with Crippen molar-refractivity contribution >= 4 is 40.2 Å². The molecule has 2 aromatic heterocycles. The monoisotopic (exact) mass is 304 g/mol. The van der Waals surface area contributed by atoms with Crippen LogP contribution in [0.25, 0.3) is 0 Å². The van der Waals surface area contributed by atoms with Gasteiger partial charge in [0.25, 0.3) is 0 Å². The lowest BCUT2D eigenvalue weighted by atomic mass is 10.1. The lowest BCUT2D eigenvalue weighted by Gasteiger charge is -2.23. The zero-order valence-corrected chi connectivity index (χ0v) is 13.0. The molecule has 0 bridgehead atoms. The topological polar surface area (TPSA) is 63.8 Å². The molecule has 2 rings (SSSR count). The Hall–Kier alpha value is -0.690. The van der Waals surface area contributed by atoms with Crippen molar-refractivity contribution in [2.75, 3.05) is 5.73 Å². The minimum atomic E-state index is -0.127. The SMILES string of the molecule is Cc1csc(C(C)(C)NCc2cnc(N)s2)n1.Cl. The van der Waals surface area contributed by atoms with E-state index < -0.39 is 0 Å². The zero-order valence-electron chi connectivity index (χ0n) is 10.6. The fourth-order valence-electron chi connectivity index (χ4n) is 1.43. The van der Waals surface area contributed by atoms with Crippen LogP contribution in [0, 0.1) is 6.92 Å². The number of anilines is 1. The maximum atomic E-state index is 5.60. The minimum absolute atomic E-state index is 0. The van der Waals surface area contributed by atoms with Crippen LogP contribution in [-0.4, -0.2) is 9.97 Å². The number of aromatic nitrogens is 2. The van der Waals surface area contributed by atoms with Crippen molar-refractivity contribution in [3.8, 4) is 0 Å². The van der Waals surface area contributed by atoms with Gasteiger partial charge in [-0.05, 0) is 20.8 Å². The number of nitrogens with two attached hydrogens (primary N) is 1. The molecule has 0 fully saturated rings. The lowest BCUT2D eigenvalue weighted by Crippen LogP contribution is -2.35. The fraction of sp³-hybridized carbons (Fsp3) is 0.455. The van der Waals surface area contributed by atoms with E-state index in [4.69, 9.17) is 5.73 Å². The summed E-state index contributed by atoms with van der Waals surface area (Å²) >= 11 is 3.20. The van der Waals surface area contributed by atoms with E-state index in [1.54, 1.807) is 11.3 Å². The number of hydrogen-bond donors (Lipinski definition) is 2. The third kappa shape index (κ3) is 3.65. The average Bonchev–Trinajstić information content (AvgIpc) is 2.85. The van der Waals surface area contributed by atoms with Gasteiger partial charge >= 0.3 is 0 Å². The maximum Gasteiger partial charge on any atom is 0.180 e. The lowest BCUT2D eigenvalue weighted by molar-refractivity contribution is 0.400. The largest absolute Gasteiger partial charge is 0.375 e. The van der Waals surface area contributed by atoms with Gasteiger partial charge in [0.1, 0.15) is 5.01 Å². The third-order valence-electron chi connectivity index (χ3n) is 2.43. The first-order valence-corrected chi connectivity index (χ1v) is 7.05. The predicted molar refractivity (Wildman–Crippen MR) is 80.5 cm³/mol. The van der Waals surface area contributed by atoms with Gasteiger partial charge in [0, 0.05) is 28.7 Å². The highest BCUT2D eigenvalue weighted by Crippen LogP contribution is 2.25. The van der Waals surface area contributed by atoms with Gasteiger partial charge in [-0.2, -0.15) is 0 Å². The van der Waals surface area contributed by atoms with Gasteiger partial charge in [0.2, 0.25) is 0 Å². The summed E-state index contributed by atoms with van der Waals surface area (Å²) in [5, 5.41) is 7.27. The smallest absolute Gasteiger partial charge is 0.180 e. The van der Waals surface area contributed by atoms with Crippen molar-refractivity contribution in [1.82, 2.24) is 15.3 Å². The molecular weight excluding hydrogens is 288 g/mol. The number of nitrogen functional groups attached to an aromatic ring is 1. The Labute approximate surface area is 121 Å². The van der Waals surface area contributed by atoms with Gasteiger partial charge in [-0.3, -0.25) is 0 Å². The average molecular weight is 305 g/mol. The number of nitrogens with one attached hydrogen (secondary N) is 1. The van der Waals surface area contributed by atoms with E-state index in [2.05, 4.69) is 34.5 Å². The van der Waals surface area contributed by atoms with Crippen molar-refractivity contribution < 1.29 is 0 Å². The summed E-state index contributed by atoms with van der Waals surface area (Å²) in [6.45, 7) is 7.05. The quantitative estimate of drug-likeness (QED) is 0.911. The Kier molecular flexibility index (Phi) is 5.10. The number of halogens is 1. The van der Waals surface area contributed by atoms with Crippen molar-refractivity contribution in [2.45, 2.75) is 32.9 Å². The first-order chi connectivity index (χ1) is 7.97. The molecule has 18 heavy (non-hydrogen) atoms. The summed E-state index contributed by atoms with van der Waals surface area (Å²) in [7, 11) is 0. The first kappa shape index (κ1) is 15.4. The van der Waals surface area contributed by atoms with Gasteiger partial charge in [-0.1, -0.05) is 0 Å². The number of aryl methyl sites for hydroxylation is 1. The molecule has 100 valence electrons. The van der Waals surface area contributed by atoms with Crippen molar-refractivity contribution in [3.05, 3.63) is 27.2 Å². The zero-order chi connectivity index (χ0) is 12.5. The van der Waals surface area contributed by atoms with E-state index in [0.717, 1.165) is 22.1 Å². The Morgan fingerprint density at radius 2 is 2.17 bits per heavy atom. The second-order valence-corrected chi connectivity index (χ2v) is 6.44. The molecule has 0 atom stereocenters. The van der Waals surface area contributed by atoms with Crippen LogP contribution in [0.4, 0.5) is 5.13 Å². The van der Waals surface area contributed by atoms with Gasteiger partial charge in [0.15, 0.2) is 5.13 Å². The van der Waals surface area contributed by atoms with E-state index in [0.29, 0.717) is 5.13 Å². The van der Waals surface area contributed by atoms with Crippen LogP contribution in [-0.2, 0) is 12.1 Å². The van der Waals surface area contributed by atoms with E-state index >= 15 is 0 Å². The molecule has 0 aromatic carbocycles. The number of nitrogens with zero attached hydrogens (tertiary/aromatic N) is 2. The molecule has 7 heteroatoms. The van der Waals surface area contributed by atoms with Gasteiger partial charge < -0.3 is 11.1 Å². The molecular formula is C11H17ClN4S2. The molecule has 0 unspecified atom stereocenters. The summed E-state index contributed by atoms with van der Waals surface area (Å²) in [6, 6.07) is 0. The van der Waals surface area contributed by atoms with Crippen LogP contribution in [0.15, 0.2) is 11.6 Å². The van der Waals surface area contributed by atoms with Crippen molar-refractivity contribution in [3.63, 3.8) is 0 Å². The molecule has 0 aliphatic heterocycles. The molecule has 0 aliphatic rings. The highest BCUT2D eigenvalue weighted by Gasteiger charge is 2.23. The van der Waals surface area contributed by atoms with Crippen LogP contribution >= 0.6 is 35.1 Å². The first-order valence-electron chi connectivity index (χ1n) is 5.35. The van der Waals surface area contributed by atoms with Gasteiger partial charge in [0.05, 0.1) is 5.54 Å². The Balaban J connectivity index is 0.00000162. The molecule has 2 heterocycles. The maximum absolute atomic E-state index is 5.60. The van der Waals surface area contributed by atoms with E-state index in [-0.39, 0.29) is 17.9 Å². The second kappa shape index (κ2) is 5.97. The minimum Gasteiger partial charge on any atom is -0.375 e. The van der Waals surface area contributed by atoms with Crippen molar-refractivity contribution in [2.24, 2.45) is 0 Å². The fourth-order valence-corrected chi connectivity index (χ4v) is 2.95. The Morgan fingerprint density at radius 3 is 2.67 bits per heavy atom. The van der Waals surface area contributed by atoms with Crippen LogP contribution < -0.4 is 11.1 Å². The molecule has 0 radical (unpaired) electrons. The molecule has 2 aromatic rings. The Bertz CT molecular complexity index is 507. The summed E-state index contributed by atoms with van der Waals surface area (Å²) in [5.74, 6) is 0. The molecule has 0 saturated heterocycles. The van der Waals surface area contributed by atoms with Crippen LogP contribution in [0.1, 0.15) is 29.4 Å². The second-order valence-electron chi connectivity index (χ2n) is 4.44. The van der Waals surface area contributed by atoms with E-state index in [1.165, 1.54) is 11.3 Å². The molecule has 3 N–H and O–H groups in total. The van der Waals surface area contributed by atoms with Crippen LogP contribution in [0.5, 0.6) is 0 Å². The highest BCUT2D eigenvalue weighted by atomic mass is 35.5. The molecule has 0 spiro atoms. The number of thiazole rings is 2. The van der Waals surface area contributed by atoms with Crippen molar-refractivity contribution in [1.29, 1.82) is 0 Å². The molecule has 4 nitrogen and oxygen atoms in total. The highest BCUT2D eigenvalue weighted by molar-refractivity contribution is 7.15. The molecule has 0 aliphatic carbocycles. The molecule has 0 amide bonds. The van der Waals surface area contributed by atoms with E-state index in [1.807, 2.05) is 13.1 Å². The summed E-state index contributed by atoms with van der Waals surface area (Å²) in [4.78, 5) is 9.70. The normalized spacial score (nSPS) is 11.3. The standard InChI is InChI=1S/C11H16N4S2.ClH/c1-7-6-16-9(15-7)11(2,3)14-5-8-4-13-10(12)17-8;/h4,6,14H,5H2,1-3H3,(H2,12,13);1H. The third-order valence-corrected chi connectivity index (χ3v) is 4.54. The summed E-state index contributed by atoms with van der Waals surface area (Å²) < 4.78 is 0. The Morgan fingerprint density at radius 1 is 1.44 bits per heavy atom. The van der Waals surface area contributed by atoms with E-state index in [9.17, 15) is 0 Å². The number of hydrogen-bond acceptors (Lipinski definition) is 6. The van der Waals surface area contributed by atoms with Gasteiger partial charge in [-0.15, -0.1) is 35.1 Å². The van der Waals surface area contributed by atoms with Crippen LogP contribution in [0.2, 0.25) is 0 Å². The summed E-state index contributed by atoms with van der Waals surface area (Å²) in [5.41, 5.74) is 6.55. The number of rotatable bonds is 4. The van der Waals surface area contributed by atoms with Crippen LogP contribution in [0.3, 0.4) is 0 Å². The van der Waals surface area contributed by atoms with Gasteiger partial charge in [-0.25, -0.2) is 9.97 Å². The predicted octanol–water partition coefficient (Wildman–Crippen LogP) is 2.94.